The van der Waals surface area contributed by atoms with Gasteiger partial charge < -0.3 is 5.73 Å². The Morgan fingerprint density at radius 3 is 2.08 bits per heavy atom. The van der Waals surface area contributed by atoms with Crippen LogP contribution in [0.2, 0.25) is 0 Å². The second kappa shape index (κ2) is 2.98. The fourth-order valence-electron chi connectivity index (χ4n) is 3.65. The molecule has 4 atom stereocenters. The highest BCUT2D eigenvalue weighted by Crippen LogP contribution is 2.50. The molecule has 3 saturated carbocycles. The largest absolute Gasteiger partial charge is 0.325 e. The fraction of sp³-hybridized carbons (Fsp3) is 1.00. The Balaban J connectivity index is 2.11. The molecule has 3 aliphatic rings. The Morgan fingerprint density at radius 1 is 1.08 bits per heavy atom. The van der Waals surface area contributed by atoms with Gasteiger partial charge in [-0.25, -0.2) is 0 Å². The number of rotatable bonds is 1. The Hall–Kier alpha value is -0.0400. The highest BCUT2D eigenvalue weighted by Gasteiger charge is 2.44. The van der Waals surface area contributed by atoms with E-state index in [0.29, 0.717) is 0 Å². The van der Waals surface area contributed by atoms with Crippen molar-refractivity contribution in [1.29, 1.82) is 0 Å². The van der Waals surface area contributed by atoms with Gasteiger partial charge in [-0.05, 0) is 63.2 Å². The summed E-state index contributed by atoms with van der Waals surface area (Å²) in [5, 5.41) is 0. The average molecular weight is 181 g/mol. The summed E-state index contributed by atoms with van der Waals surface area (Å²) in [5.41, 5.74) is 6.30. The topological polar surface area (TPSA) is 26.0 Å². The molecule has 0 radical (unpaired) electrons. The summed E-state index contributed by atoms with van der Waals surface area (Å²) in [7, 11) is 0. The van der Waals surface area contributed by atoms with Gasteiger partial charge in [0.05, 0.1) is 0 Å². The van der Waals surface area contributed by atoms with Crippen LogP contribution in [0.1, 0.15) is 46.5 Å². The minimum Gasteiger partial charge on any atom is -0.325 e. The SMILES string of the molecule is C[C@@H]1CC2CCC1CC2C(C)(C)N. The van der Waals surface area contributed by atoms with Gasteiger partial charge in [-0.3, -0.25) is 0 Å². The molecule has 3 fully saturated rings. The van der Waals surface area contributed by atoms with Crippen LogP contribution in [0.25, 0.3) is 0 Å². The summed E-state index contributed by atoms with van der Waals surface area (Å²) in [6, 6.07) is 0. The number of hydrogen-bond donors (Lipinski definition) is 1. The van der Waals surface area contributed by atoms with Crippen molar-refractivity contribution in [3.63, 3.8) is 0 Å². The first kappa shape index (κ1) is 9.51. The van der Waals surface area contributed by atoms with Gasteiger partial charge in [0.15, 0.2) is 0 Å². The molecule has 76 valence electrons. The lowest BCUT2D eigenvalue weighted by molar-refractivity contribution is 0.0156. The second-order valence-corrected chi connectivity index (χ2v) is 5.97. The van der Waals surface area contributed by atoms with Crippen LogP contribution in [0.5, 0.6) is 0 Å². The van der Waals surface area contributed by atoms with Gasteiger partial charge in [0.1, 0.15) is 0 Å². The zero-order valence-electron chi connectivity index (χ0n) is 9.22. The van der Waals surface area contributed by atoms with Crippen molar-refractivity contribution in [2.45, 2.75) is 52.0 Å². The first-order chi connectivity index (χ1) is 5.98. The summed E-state index contributed by atoms with van der Waals surface area (Å²) in [6.45, 7) is 6.85. The molecule has 1 nitrogen and oxygen atoms in total. The lowest BCUT2D eigenvalue weighted by Crippen LogP contribution is -2.51. The smallest absolute Gasteiger partial charge is 0.0128 e. The standard InChI is InChI=1S/C12H23N/c1-8-6-10-5-4-9(8)7-11(10)12(2,3)13/h8-11H,4-7,13H2,1-3H3/t8-,9?,10?,11?/m1/s1. The zero-order valence-corrected chi connectivity index (χ0v) is 9.22. The second-order valence-electron chi connectivity index (χ2n) is 5.97. The summed E-state index contributed by atoms with van der Waals surface area (Å²) >= 11 is 0. The molecule has 0 saturated heterocycles. The van der Waals surface area contributed by atoms with Crippen LogP contribution >= 0.6 is 0 Å². The van der Waals surface area contributed by atoms with Crippen molar-refractivity contribution in [3.05, 3.63) is 0 Å². The Morgan fingerprint density at radius 2 is 1.69 bits per heavy atom. The highest BCUT2D eigenvalue weighted by atomic mass is 14.7. The first-order valence-electron chi connectivity index (χ1n) is 5.77. The maximum Gasteiger partial charge on any atom is 0.0128 e. The quantitative estimate of drug-likeness (QED) is 0.661. The van der Waals surface area contributed by atoms with Crippen LogP contribution < -0.4 is 5.73 Å². The van der Waals surface area contributed by atoms with E-state index in [1.54, 1.807) is 0 Å². The average Bonchev–Trinajstić information content (AvgIpc) is 2.03. The Kier molecular flexibility index (Phi) is 2.18. The summed E-state index contributed by atoms with van der Waals surface area (Å²) in [4.78, 5) is 0. The van der Waals surface area contributed by atoms with Crippen LogP contribution in [-0.2, 0) is 0 Å². The zero-order chi connectivity index (χ0) is 9.64. The lowest BCUT2D eigenvalue weighted by atomic mass is 9.56. The van der Waals surface area contributed by atoms with Crippen LogP contribution in [0.4, 0.5) is 0 Å². The van der Waals surface area contributed by atoms with E-state index in [9.17, 15) is 0 Å². The van der Waals surface area contributed by atoms with Gasteiger partial charge in [0.2, 0.25) is 0 Å². The molecule has 3 unspecified atom stereocenters. The van der Waals surface area contributed by atoms with Crippen molar-refractivity contribution < 1.29 is 0 Å². The molecule has 1 heteroatoms. The van der Waals surface area contributed by atoms with Crippen molar-refractivity contribution >= 4 is 0 Å². The maximum atomic E-state index is 6.24. The molecule has 2 bridgehead atoms. The molecule has 0 amide bonds. The molecule has 13 heavy (non-hydrogen) atoms. The molecule has 0 heterocycles. The molecule has 3 rings (SSSR count). The Bertz CT molecular complexity index is 192. The van der Waals surface area contributed by atoms with Crippen molar-refractivity contribution in [2.75, 3.05) is 0 Å². The normalized spacial score (nSPS) is 45.2. The molecule has 0 spiro atoms. The molecule has 0 aromatic rings. The van der Waals surface area contributed by atoms with E-state index < -0.39 is 0 Å². The van der Waals surface area contributed by atoms with Crippen LogP contribution in [-0.4, -0.2) is 5.54 Å². The Labute approximate surface area is 82.1 Å². The van der Waals surface area contributed by atoms with E-state index in [1.165, 1.54) is 25.7 Å². The minimum absolute atomic E-state index is 0.0590. The van der Waals surface area contributed by atoms with E-state index >= 15 is 0 Å². The van der Waals surface area contributed by atoms with Gasteiger partial charge in [-0.15, -0.1) is 0 Å². The molecule has 0 aromatic heterocycles. The summed E-state index contributed by atoms with van der Waals surface area (Å²) in [6.07, 6.45) is 5.75. The predicted molar refractivity (Wildman–Crippen MR) is 56.4 cm³/mol. The summed E-state index contributed by atoms with van der Waals surface area (Å²) in [5.74, 6) is 3.68. The third-order valence-electron chi connectivity index (χ3n) is 4.47. The van der Waals surface area contributed by atoms with E-state index in [-0.39, 0.29) is 5.54 Å². The molecule has 2 N–H and O–H groups in total. The number of hydrogen-bond acceptors (Lipinski definition) is 1. The monoisotopic (exact) mass is 181 g/mol. The van der Waals surface area contributed by atoms with Crippen LogP contribution in [0, 0.1) is 23.7 Å². The lowest BCUT2D eigenvalue weighted by Gasteiger charge is -2.51. The first-order valence-corrected chi connectivity index (χ1v) is 5.77. The fourth-order valence-corrected chi connectivity index (χ4v) is 3.65. The van der Waals surface area contributed by atoms with Crippen LogP contribution in [0.15, 0.2) is 0 Å². The third kappa shape index (κ3) is 1.63. The number of fused-ring (bicyclic) bond motifs is 3. The molecule has 3 aliphatic carbocycles. The van der Waals surface area contributed by atoms with Gasteiger partial charge in [0.25, 0.3) is 0 Å². The maximum absolute atomic E-state index is 6.24. The van der Waals surface area contributed by atoms with Crippen molar-refractivity contribution in [1.82, 2.24) is 0 Å². The van der Waals surface area contributed by atoms with Gasteiger partial charge in [-0.1, -0.05) is 6.92 Å². The molecule has 0 aliphatic heterocycles. The van der Waals surface area contributed by atoms with E-state index in [2.05, 4.69) is 20.8 Å². The molecular formula is C12H23N. The predicted octanol–water partition coefficient (Wildman–Crippen LogP) is 2.80. The number of nitrogens with two attached hydrogens (primary N) is 1. The molecular weight excluding hydrogens is 158 g/mol. The van der Waals surface area contributed by atoms with Gasteiger partial charge in [-0.2, -0.15) is 0 Å². The van der Waals surface area contributed by atoms with E-state index in [4.69, 9.17) is 5.73 Å². The third-order valence-corrected chi connectivity index (χ3v) is 4.47. The van der Waals surface area contributed by atoms with Crippen molar-refractivity contribution in [3.8, 4) is 0 Å². The van der Waals surface area contributed by atoms with Gasteiger partial charge in [0, 0.05) is 5.54 Å². The molecule has 0 aromatic carbocycles. The minimum atomic E-state index is 0.0590. The van der Waals surface area contributed by atoms with E-state index in [0.717, 1.165) is 23.7 Å². The highest BCUT2D eigenvalue weighted by molar-refractivity contribution is 4.97. The van der Waals surface area contributed by atoms with Gasteiger partial charge >= 0.3 is 0 Å². The van der Waals surface area contributed by atoms with Crippen LogP contribution in [0.3, 0.4) is 0 Å². The van der Waals surface area contributed by atoms with E-state index in [1.807, 2.05) is 0 Å². The summed E-state index contributed by atoms with van der Waals surface area (Å²) < 4.78 is 0. The van der Waals surface area contributed by atoms with Crippen molar-refractivity contribution in [2.24, 2.45) is 29.4 Å².